The number of nitrogens with zero attached hydrogens (tertiary/aromatic N) is 3. The van der Waals surface area contributed by atoms with Crippen LogP contribution in [0.15, 0.2) is 34.2 Å². The van der Waals surface area contributed by atoms with Crippen molar-refractivity contribution in [2.24, 2.45) is 0 Å². The van der Waals surface area contributed by atoms with Gasteiger partial charge in [-0.2, -0.15) is 0 Å². The Morgan fingerprint density at radius 1 is 1.36 bits per heavy atom. The molecule has 7 heteroatoms. The number of thiophene rings is 1. The minimum atomic E-state index is -0.0790. The fourth-order valence-electron chi connectivity index (χ4n) is 2.89. The molecule has 5 nitrogen and oxygen atoms in total. The molecule has 3 heterocycles. The predicted molar refractivity (Wildman–Crippen MR) is 106 cm³/mol. The third-order valence-corrected chi connectivity index (χ3v) is 5.98. The number of nitrogens with one attached hydrogen (secondary N) is 1. The lowest BCUT2D eigenvalue weighted by Gasteiger charge is -2.27. The highest BCUT2D eigenvalue weighted by atomic mass is 79.9. The average Bonchev–Trinajstić information content (AvgIpc) is 3.05. The Bertz CT molecular complexity index is 697. The largest absolute Gasteiger partial charge is 0.357 e. The van der Waals surface area contributed by atoms with Gasteiger partial charge in [0.1, 0.15) is 5.82 Å². The summed E-state index contributed by atoms with van der Waals surface area (Å²) in [4.78, 5) is 21.9. The van der Waals surface area contributed by atoms with Crippen molar-refractivity contribution in [3.05, 3.63) is 44.7 Å². The van der Waals surface area contributed by atoms with Gasteiger partial charge in [0.05, 0.1) is 6.54 Å². The van der Waals surface area contributed by atoms with Crippen LogP contribution in [-0.2, 0) is 13.1 Å². The molecule has 0 spiro atoms. The molecule has 1 N–H and O–H groups in total. The van der Waals surface area contributed by atoms with Crippen LogP contribution >= 0.6 is 27.3 Å². The second-order valence-electron chi connectivity index (χ2n) is 6.32. The number of halogens is 1. The van der Waals surface area contributed by atoms with Crippen LogP contribution in [0.4, 0.5) is 10.6 Å². The van der Waals surface area contributed by atoms with Crippen molar-refractivity contribution in [2.75, 3.05) is 25.0 Å². The van der Waals surface area contributed by atoms with E-state index in [0.29, 0.717) is 13.1 Å². The molecule has 2 aromatic heterocycles. The van der Waals surface area contributed by atoms with Gasteiger partial charge in [0, 0.05) is 47.6 Å². The first-order chi connectivity index (χ1) is 12.1. The zero-order valence-electron chi connectivity index (χ0n) is 14.4. The third-order valence-electron chi connectivity index (χ3n) is 4.29. The van der Waals surface area contributed by atoms with Gasteiger partial charge in [0.25, 0.3) is 0 Å². The molecule has 3 rings (SSSR count). The van der Waals surface area contributed by atoms with Gasteiger partial charge in [-0.1, -0.05) is 6.07 Å². The molecule has 1 saturated heterocycles. The van der Waals surface area contributed by atoms with Crippen LogP contribution in [0.3, 0.4) is 0 Å². The normalized spacial score (nSPS) is 14.4. The average molecular weight is 423 g/mol. The molecule has 2 aromatic rings. The summed E-state index contributed by atoms with van der Waals surface area (Å²) < 4.78 is 1.06. The Morgan fingerprint density at radius 3 is 2.80 bits per heavy atom. The lowest BCUT2D eigenvalue weighted by Crippen LogP contribution is -2.36. The Labute approximate surface area is 161 Å². The first-order valence-corrected chi connectivity index (χ1v) is 10.2. The number of aromatic nitrogens is 1. The number of rotatable bonds is 5. The van der Waals surface area contributed by atoms with E-state index in [1.54, 1.807) is 23.3 Å². The molecule has 25 heavy (non-hydrogen) atoms. The SMILES string of the molecule is CN(Cc1cc(Br)cs1)C(=O)NCc1ccc(N2CCCCC2)nc1. The van der Waals surface area contributed by atoms with Gasteiger partial charge < -0.3 is 15.1 Å². The van der Waals surface area contributed by atoms with Crippen LogP contribution in [0.1, 0.15) is 29.7 Å². The van der Waals surface area contributed by atoms with E-state index in [1.165, 1.54) is 19.3 Å². The summed E-state index contributed by atoms with van der Waals surface area (Å²) in [5, 5.41) is 4.98. The summed E-state index contributed by atoms with van der Waals surface area (Å²) >= 11 is 5.08. The maximum Gasteiger partial charge on any atom is 0.317 e. The molecule has 0 saturated carbocycles. The van der Waals surface area contributed by atoms with Crippen molar-refractivity contribution in [2.45, 2.75) is 32.4 Å². The van der Waals surface area contributed by atoms with Gasteiger partial charge in [-0.15, -0.1) is 11.3 Å². The first-order valence-electron chi connectivity index (χ1n) is 8.53. The van der Waals surface area contributed by atoms with E-state index in [2.05, 4.69) is 37.2 Å². The molecule has 2 amide bonds. The molecule has 1 aliphatic rings. The van der Waals surface area contributed by atoms with Crippen LogP contribution in [0, 0.1) is 0 Å². The maximum atomic E-state index is 12.2. The van der Waals surface area contributed by atoms with Crippen molar-refractivity contribution in [3.63, 3.8) is 0 Å². The van der Waals surface area contributed by atoms with Gasteiger partial charge in [0.2, 0.25) is 0 Å². The lowest BCUT2D eigenvalue weighted by atomic mass is 10.1. The second kappa shape index (κ2) is 8.67. The van der Waals surface area contributed by atoms with Gasteiger partial charge in [-0.25, -0.2) is 9.78 Å². The number of carbonyl (C=O) groups excluding carboxylic acids is 1. The summed E-state index contributed by atoms with van der Waals surface area (Å²) in [6.45, 7) is 3.28. The summed E-state index contributed by atoms with van der Waals surface area (Å²) in [7, 11) is 1.81. The minimum Gasteiger partial charge on any atom is -0.357 e. The fourth-order valence-corrected chi connectivity index (χ4v) is 4.39. The van der Waals surface area contributed by atoms with E-state index in [-0.39, 0.29) is 6.03 Å². The molecule has 1 aliphatic heterocycles. The van der Waals surface area contributed by atoms with Crippen LogP contribution < -0.4 is 10.2 Å². The van der Waals surface area contributed by atoms with Gasteiger partial charge in [-0.3, -0.25) is 0 Å². The van der Waals surface area contributed by atoms with E-state index >= 15 is 0 Å². The van der Waals surface area contributed by atoms with Crippen LogP contribution in [0.5, 0.6) is 0 Å². The highest BCUT2D eigenvalue weighted by Gasteiger charge is 2.13. The zero-order valence-corrected chi connectivity index (χ0v) is 16.8. The Balaban J connectivity index is 1.48. The number of urea groups is 1. The topological polar surface area (TPSA) is 48.5 Å². The molecule has 0 radical (unpaired) electrons. The van der Waals surface area contributed by atoms with Crippen LogP contribution in [0.25, 0.3) is 0 Å². The van der Waals surface area contributed by atoms with Crippen molar-refractivity contribution < 1.29 is 4.79 Å². The maximum absolute atomic E-state index is 12.2. The summed E-state index contributed by atoms with van der Waals surface area (Å²) in [5.74, 6) is 1.04. The predicted octanol–water partition coefficient (Wildman–Crippen LogP) is 4.24. The van der Waals surface area contributed by atoms with E-state index in [1.807, 2.05) is 23.7 Å². The molecular formula is C18H23BrN4OS. The van der Waals surface area contributed by atoms with Crippen molar-refractivity contribution in [1.29, 1.82) is 0 Å². The van der Waals surface area contributed by atoms with Crippen molar-refractivity contribution >= 4 is 39.1 Å². The highest BCUT2D eigenvalue weighted by molar-refractivity contribution is 9.10. The number of carbonyl (C=O) groups is 1. The van der Waals surface area contributed by atoms with E-state index in [0.717, 1.165) is 33.8 Å². The molecule has 0 bridgehead atoms. The molecule has 0 aliphatic carbocycles. The highest BCUT2D eigenvalue weighted by Crippen LogP contribution is 2.21. The Hall–Kier alpha value is -1.60. The number of piperidine rings is 1. The van der Waals surface area contributed by atoms with E-state index in [4.69, 9.17) is 0 Å². The van der Waals surface area contributed by atoms with Gasteiger partial charge in [-0.05, 0) is 52.9 Å². The van der Waals surface area contributed by atoms with Crippen molar-refractivity contribution in [3.8, 4) is 0 Å². The zero-order chi connectivity index (χ0) is 17.6. The number of hydrogen-bond acceptors (Lipinski definition) is 4. The summed E-state index contributed by atoms with van der Waals surface area (Å²) in [5.41, 5.74) is 1.02. The summed E-state index contributed by atoms with van der Waals surface area (Å²) in [6.07, 6.45) is 5.66. The summed E-state index contributed by atoms with van der Waals surface area (Å²) in [6, 6.07) is 6.06. The Kier molecular flexibility index (Phi) is 6.31. The molecule has 0 aromatic carbocycles. The minimum absolute atomic E-state index is 0.0790. The fraction of sp³-hybridized carbons (Fsp3) is 0.444. The number of hydrogen-bond donors (Lipinski definition) is 1. The lowest BCUT2D eigenvalue weighted by molar-refractivity contribution is 0.207. The Morgan fingerprint density at radius 2 is 2.16 bits per heavy atom. The molecule has 0 atom stereocenters. The smallest absolute Gasteiger partial charge is 0.317 e. The van der Waals surface area contributed by atoms with E-state index in [9.17, 15) is 4.79 Å². The van der Waals surface area contributed by atoms with Gasteiger partial charge in [0.15, 0.2) is 0 Å². The number of amides is 2. The number of anilines is 1. The third kappa shape index (κ3) is 5.19. The molecular weight excluding hydrogens is 400 g/mol. The molecule has 0 unspecified atom stereocenters. The van der Waals surface area contributed by atoms with Gasteiger partial charge >= 0.3 is 6.03 Å². The second-order valence-corrected chi connectivity index (χ2v) is 8.23. The standard InChI is InChI=1S/C18H23BrN4OS/c1-22(12-16-9-15(19)13-25-16)18(24)21-11-14-5-6-17(20-10-14)23-7-3-2-4-8-23/h5-6,9-10,13H,2-4,7-8,11-12H2,1H3,(H,21,24). The monoisotopic (exact) mass is 422 g/mol. The first kappa shape index (κ1) is 18.2. The quantitative estimate of drug-likeness (QED) is 0.783. The van der Waals surface area contributed by atoms with Crippen LogP contribution in [-0.4, -0.2) is 36.1 Å². The molecule has 1 fully saturated rings. The number of pyridine rings is 1. The van der Waals surface area contributed by atoms with E-state index < -0.39 is 0 Å². The molecule has 134 valence electrons. The van der Waals surface area contributed by atoms with Crippen LogP contribution in [0.2, 0.25) is 0 Å². The van der Waals surface area contributed by atoms with Crippen molar-refractivity contribution in [1.82, 2.24) is 15.2 Å².